The molecule has 3 heteroatoms. The Morgan fingerprint density at radius 2 is 1.35 bits per heavy atom. The average Bonchev–Trinajstić information content (AvgIpc) is 2.68. The molecule has 3 aromatic rings. The molecule has 0 aliphatic heterocycles. The lowest BCUT2D eigenvalue weighted by Gasteiger charge is -2.15. The fourth-order valence-electron chi connectivity index (χ4n) is 2.59. The summed E-state index contributed by atoms with van der Waals surface area (Å²) in [5.74, 6) is -0.424. The summed E-state index contributed by atoms with van der Waals surface area (Å²) in [6.45, 7) is 0. The summed E-state index contributed by atoms with van der Waals surface area (Å²) in [7, 11) is 0. The van der Waals surface area contributed by atoms with Crippen LogP contribution >= 0.6 is 0 Å². The van der Waals surface area contributed by atoms with E-state index in [1.165, 1.54) is 0 Å². The van der Waals surface area contributed by atoms with Crippen LogP contribution in [0.25, 0.3) is 12.2 Å². The van der Waals surface area contributed by atoms with Crippen molar-refractivity contribution in [1.82, 2.24) is 0 Å². The third-order valence-corrected chi connectivity index (χ3v) is 3.97. The van der Waals surface area contributed by atoms with Crippen molar-refractivity contribution in [1.29, 1.82) is 0 Å². The fraction of sp³-hybridized carbons (Fsp3) is 0.0870. The van der Waals surface area contributed by atoms with Gasteiger partial charge in [0.2, 0.25) is 0 Å². The molecule has 1 unspecified atom stereocenters. The summed E-state index contributed by atoms with van der Waals surface area (Å²) >= 11 is 0. The molecule has 0 heterocycles. The van der Waals surface area contributed by atoms with Crippen molar-refractivity contribution in [3.63, 3.8) is 0 Å². The average molecular weight is 344 g/mol. The molecule has 1 atom stereocenters. The highest BCUT2D eigenvalue weighted by Gasteiger charge is 2.19. The third kappa shape index (κ3) is 5.08. The number of rotatable bonds is 7. The van der Waals surface area contributed by atoms with Gasteiger partial charge in [0.1, 0.15) is 5.75 Å². The molecular formula is C23H20O3. The largest absolute Gasteiger partial charge is 0.478 e. The predicted octanol–water partition coefficient (Wildman–Crippen LogP) is 4.93. The molecule has 3 rings (SSSR count). The van der Waals surface area contributed by atoms with Gasteiger partial charge in [0.15, 0.2) is 6.10 Å². The molecule has 0 fully saturated rings. The Labute approximate surface area is 153 Å². The van der Waals surface area contributed by atoms with Crippen LogP contribution in [0, 0.1) is 0 Å². The van der Waals surface area contributed by atoms with Crippen LogP contribution in [0.3, 0.4) is 0 Å². The molecule has 3 nitrogen and oxygen atoms in total. The van der Waals surface area contributed by atoms with E-state index < -0.39 is 12.1 Å². The molecule has 0 amide bonds. The maximum atomic E-state index is 11.5. The van der Waals surface area contributed by atoms with E-state index in [2.05, 4.69) is 0 Å². The molecule has 0 saturated heterocycles. The van der Waals surface area contributed by atoms with Crippen LogP contribution in [0.2, 0.25) is 0 Å². The normalized spacial score (nSPS) is 12.0. The number of hydrogen-bond acceptors (Lipinski definition) is 2. The maximum absolute atomic E-state index is 11.5. The van der Waals surface area contributed by atoms with Gasteiger partial charge in [0.05, 0.1) is 0 Å². The van der Waals surface area contributed by atoms with E-state index in [1.807, 2.05) is 84.9 Å². The van der Waals surface area contributed by atoms with Crippen LogP contribution in [0.1, 0.15) is 16.7 Å². The number of carboxylic acids is 1. The molecule has 0 aliphatic carbocycles. The van der Waals surface area contributed by atoms with Crippen molar-refractivity contribution in [2.24, 2.45) is 0 Å². The van der Waals surface area contributed by atoms with Crippen LogP contribution in [0.5, 0.6) is 5.75 Å². The monoisotopic (exact) mass is 344 g/mol. The fourth-order valence-corrected chi connectivity index (χ4v) is 2.59. The molecule has 130 valence electrons. The Hall–Kier alpha value is -3.33. The number of benzene rings is 3. The molecule has 0 aromatic heterocycles. The number of hydrogen-bond donors (Lipinski definition) is 1. The second-order valence-corrected chi connectivity index (χ2v) is 5.95. The van der Waals surface area contributed by atoms with Crippen molar-refractivity contribution in [2.75, 3.05) is 0 Å². The predicted molar refractivity (Wildman–Crippen MR) is 104 cm³/mol. The zero-order valence-electron chi connectivity index (χ0n) is 14.3. The molecule has 0 bridgehead atoms. The van der Waals surface area contributed by atoms with Gasteiger partial charge in [0.25, 0.3) is 0 Å². The SMILES string of the molecule is O=C(O)C(Cc1ccccc1)Oc1ccc(/C=C\c2ccccc2)cc1. The van der Waals surface area contributed by atoms with Crippen LogP contribution in [0.4, 0.5) is 0 Å². The Balaban J connectivity index is 1.65. The first-order valence-electron chi connectivity index (χ1n) is 8.47. The van der Waals surface area contributed by atoms with E-state index in [9.17, 15) is 9.90 Å². The first-order valence-corrected chi connectivity index (χ1v) is 8.47. The summed E-state index contributed by atoms with van der Waals surface area (Å²) in [5, 5.41) is 9.42. The lowest BCUT2D eigenvalue weighted by molar-refractivity contribution is -0.145. The van der Waals surface area contributed by atoms with Crippen molar-refractivity contribution >= 4 is 18.1 Å². The topological polar surface area (TPSA) is 46.5 Å². The highest BCUT2D eigenvalue weighted by molar-refractivity contribution is 5.73. The standard InChI is InChI=1S/C23H20O3/c24-23(25)22(17-20-9-5-2-6-10-20)26-21-15-13-19(14-16-21)12-11-18-7-3-1-4-8-18/h1-16,22H,17H2,(H,24,25)/b12-11-. The van der Waals surface area contributed by atoms with Crippen LogP contribution < -0.4 is 4.74 Å². The van der Waals surface area contributed by atoms with Gasteiger partial charge in [-0.15, -0.1) is 0 Å². The van der Waals surface area contributed by atoms with Gasteiger partial charge in [-0.25, -0.2) is 4.79 Å². The first-order chi connectivity index (χ1) is 12.7. The second-order valence-electron chi connectivity index (χ2n) is 5.95. The summed E-state index contributed by atoms with van der Waals surface area (Å²) in [4.78, 5) is 11.5. The second kappa shape index (κ2) is 8.67. The zero-order valence-corrected chi connectivity index (χ0v) is 14.3. The van der Waals surface area contributed by atoms with Crippen molar-refractivity contribution in [2.45, 2.75) is 12.5 Å². The smallest absolute Gasteiger partial charge is 0.345 e. The molecule has 0 radical (unpaired) electrons. The van der Waals surface area contributed by atoms with Crippen LogP contribution in [-0.2, 0) is 11.2 Å². The summed E-state index contributed by atoms with van der Waals surface area (Å²) in [5.41, 5.74) is 3.08. The minimum absolute atomic E-state index is 0.325. The van der Waals surface area contributed by atoms with E-state index in [0.717, 1.165) is 16.7 Å². The molecule has 1 N–H and O–H groups in total. The number of aliphatic carboxylic acids is 1. The quantitative estimate of drug-likeness (QED) is 0.618. The van der Waals surface area contributed by atoms with Crippen LogP contribution in [-0.4, -0.2) is 17.2 Å². The molecule has 0 saturated carbocycles. The van der Waals surface area contributed by atoms with Crippen molar-refractivity contribution in [3.05, 3.63) is 102 Å². The maximum Gasteiger partial charge on any atom is 0.345 e. The molecular weight excluding hydrogens is 324 g/mol. The van der Waals surface area contributed by atoms with Gasteiger partial charge in [-0.2, -0.15) is 0 Å². The van der Waals surface area contributed by atoms with E-state index in [1.54, 1.807) is 12.1 Å². The Bertz CT molecular complexity index is 853. The third-order valence-electron chi connectivity index (χ3n) is 3.97. The van der Waals surface area contributed by atoms with Gasteiger partial charge in [0, 0.05) is 6.42 Å². The van der Waals surface area contributed by atoms with Gasteiger partial charge in [-0.3, -0.25) is 0 Å². The van der Waals surface area contributed by atoms with E-state index in [-0.39, 0.29) is 0 Å². The minimum atomic E-state index is -0.970. The summed E-state index contributed by atoms with van der Waals surface area (Å²) in [6.07, 6.45) is 3.46. The number of carbonyl (C=O) groups is 1. The summed E-state index contributed by atoms with van der Waals surface area (Å²) < 4.78 is 5.67. The van der Waals surface area contributed by atoms with Crippen molar-refractivity contribution in [3.8, 4) is 5.75 Å². The van der Waals surface area contributed by atoms with Gasteiger partial charge in [-0.05, 0) is 28.8 Å². The Morgan fingerprint density at radius 3 is 1.92 bits per heavy atom. The first kappa shape index (κ1) is 17.5. The Kier molecular flexibility index (Phi) is 5.84. The zero-order chi connectivity index (χ0) is 18.2. The van der Waals surface area contributed by atoms with Crippen LogP contribution in [0.15, 0.2) is 84.9 Å². The molecule has 0 aliphatic rings. The molecule has 0 spiro atoms. The molecule has 3 aromatic carbocycles. The van der Waals surface area contributed by atoms with Crippen molar-refractivity contribution < 1.29 is 14.6 Å². The number of ether oxygens (including phenoxy) is 1. The lowest BCUT2D eigenvalue weighted by Crippen LogP contribution is -2.29. The minimum Gasteiger partial charge on any atom is -0.478 e. The van der Waals surface area contributed by atoms with E-state index in [4.69, 9.17) is 4.74 Å². The van der Waals surface area contributed by atoms with Gasteiger partial charge >= 0.3 is 5.97 Å². The molecule has 26 heavy (non-hydrogen) atoms. The van der Waals surface area contributed by atoms with E-state index in [0.29, 0.717) is 12.2 Å². The van der Waals surface area contributed by atoms with Gasteiger partial charge < -0.3 is 9.84 Å². The van der Waals surface area contributed by atoms with Gasteiger partial charge in [-0.1, -0.05) is 84.9 Å². The summed E-state index contributed by atoms with van der Waals surface area (Å²) in [6, 6.07) is 27.0. The lowest BCUT2D eigenvalue weighted by atomic mass is 10.1. The number of carboxylic acid groups (broad SMARTS) is 1. The highest BCUT2D eigenvalue weighted by atomic mass is 16.5. The highest BCUT2D eigenvalue weighted by Crippen LogP contribution is 2.17. The van der Waals surface area contributed by atoms with E-state index >= 15 is 0 Å². The Morgan fingerprint density at radius 1 is 0.808 bits per heavy atom.